The first-order chi connectivity index (χ1) is 56.2. The van der Waals surface area contributed by atoms with E-state index in [-0.39, 0.29) is 58.0 Å². The van der Waals surface area contributed by atoms with Crippen molar-refractivity contribution < 1.29 is 84.0 Å². The summed E-state index contributed by atoms with van der Waals surface area (Å²) in [7, 11) is -3.62. The van der Waals surface area contributed by atoms with Crippen LogP contribution in [-0.4, -0.2) is 234 Å². The molecule has 7 aromatic carbocycles. The van der Waals surface area contributed by atoms with Crippen LogP contribution in [0.2, 0.25) is 0 Å². The zero-order valence-electron chi connectivity index (χ0n) is 64.3. The fourth-order valence-electron chi connectivity index (χ4n) is 22.8. The van der Waals surface area contributed by atoms with Crippen LogP contribution in [0.1, 0.15) is 81.2 Å². The highest BCUT2D eigenvalue weighted by atomic mass is 32.2. The summed E-state index contributed by atoms with van der Waals surface area (Å²) in [4.78, 5) is 126. The molecule has 16 aliphatic rings. The molecular weight excluding hydrogens is 1700 g/mol. The quantitative estimate of drug-likeness (QED) is 0.143. The van der Waals surface area contributed by atoms with Gasteiger partial charge in [0.15, 0.2) is 19.5 Å². The van der Waals surface area contributed by atoms with Gasteiger partial charge in [-0.3, -0.25) is 58.0 Å². The van der Waals surface area contributed by atoms with E-state index in [0.29, 0.717) is 34.3 Å². The molecule has 119 heavy (non-hydrogen) atoms. The topological polar surface area (TPSA) is 356 Å². The van der Waals surface area contributed by atoms with Crippen molar-refractivity contribution in [1.82, 2.24) is 39.2 Å². The van der Waals surface area contributed by atoms with E-state index >= 15 is 36.0 Å². The number of benzene rings is 7. The highest BCUT2D eigenvalue weighted by Crippen LogP contribution is 2.80. The maximum atomic E-state index is 15.9. The molecule has 15 aliphatic heterocycles. The zero-order valence-corrected chi connectivity index (χ0v) is 71.7. The number of sulfonamides is 2. The van der Waals surface area contributed by atoms with Crippen molar-refractivity contribution in [2.24, 2.45) is 0 Å². The fourth-order valence-corrected chi connectivity index (χ4v) is 33.7. The number of para-hydroxylation sites is 4. The Kier molecular flexibility index (Phi) is 16.9. The Balaban J connectivity index is 0.000000155. The van der Waals surface area contributed by atoms with Crippen LogP contribution in [0.15, 0.2) is 198 Å². The van der Waals surface area contributed by atoms with Crippen LogP contribution >= 0.6 is 71.5 Å². The van der Waals surface area contributed by atoms with Crippen LogP contribution < -0.4 is 13.5 Å². The van der Waals surface area contributed by atoms with Gasteiger partial charge >= 0.3 is 11.6 Å². The number of fused-ring (bicyclic) bond motifs is 24. The highest BCUT2D eigenvalue weighted by Gasteiger charge is 2.91. The second kappa shape index (κ2) is 25.3. The molecule has 0 aromatic heterocycles. The van der Waals surface area contributed by atoms with Gasteiger partial charge in [0, 0.05) is 70.7 Å². The Bertz CT molecular complexity index is 6120. The number of hydrogen-bond donors (Lipinski definition) is 4. The van der Waals surface area contributed by atoms with E-state index < -0.39 is 163 Å². The molecule has 4 bridgehead atoms. The number of rotatable bonds is 7. The Morgan fingerprint density at radius 3 is 1.18 bits per heavy atom. The summed E-state index contributed by atoms with van der Waals surface area (Å²) in [6.07, 6.45) is -5.53. The predicted molar refractivity (Wildman–Crippen MR) is 447 cm³/mol. The molecule has 12 saturated heterocycles. The Hall–Kier alpha value is -9.16. The number of thiocarbonyl (C=S) groups is 2. The van der Waals surface area contributed by atoms with Crippen molar-refractivity contribution in [3.63, 3.8) is 0 Å². The summed E-state index contributed by atoms with van der Waals surface area (Å²) in [6, 6.07) is 52.6. The van der Waals surface area contributed by atoms with Gasteiger partial charge in [-0.2, -0.15) is 8.42 Å². The van der Waals surface area contributed by atoms with E-state index in [2.05, 4.69) is 4.90 Å². The zero-order chi connectivity index (χ0) is 84.8. The average molecular weight is 1780 g/mol. The fraction of sp³-hybridized carbons (Fsp3) is 0.358. The minimum absolute atomic E-state index is 0.00151. The van der Waals surface area contributed by atoms with E-state index in [4.69, 9.17) is 32.9 Å². The number of amides is 8. The monoisotopic (exact) mass is 1780 g/mol. The molecule has 12 fully saturated rings. The largest absolute Gasteiger partial charge is 0.363 e. The molecule has 15 heterocycles. The molecule has 7 aromatic rings. The summed E-state index contributed by atoms with van der Waals surface area (Å²) in [5, 5.41) is 48.5. The molecule has 2 spiro atoms. The van der Waals surface area contributed by atoms with Gasteiger partial charge in [-0.1, -0.05) is 205 Å². The van der Waals surface area contributed by atoms with E-state index in [9.17, 15) is 39.6 Å². The van der Waals surface area contributed by atoms with E-state index in [0.717, 1.165) is 80.4 Å². The van der Waals surface area contributed by atoms with Gasteiger partial charge in [-0.05, 0) is 117 Å². The number of nitrogens with zero attached hydrogens (tertiary/aromatic N) is 11. The molecule has 29 nitrogen and oxygen atoms in total. The van der Waals surface area contributed by atoms with Crippen molar-refractivity contribution in [2.45, 2.75) is 158 Å². The van der Waals surface area contributed by atoms with Crippen LogP contribution in [0.4, 0.5) is 22.7 Å². The first-order valence-electron chi connectivity index (χ1n) is 37.7. The number of carbonyl (C=O) groups is 8. The molecule has 38 heteroatoms. The highest BCUT2D eigenvalue weighted by molar-refractivity contribution is 8.49. The first kappa shape index (κ1) is 79.6. The van der Waals surface area contributed by atoms with Gasteiger partial charge in [-0.15, -0.1) is 0 Å². The first-order valence-corrected chi connectivity index (χ1v) is 45.3. The van der Waals surface area contributed by atoms with Crippen LogP contribution in [0.3, 0.4) is 0 Å². The lowest BCUT2D eigenvalue weighted by Crippen LogP contribution is -2.76. The lowest BCUT2D eigenvalue weighted by atomic mass is 9.53. The number of hydrogen-bond acceptors (Lipinski definition) is 25. The van der Waals surface area contributed by atoms with Crippen molar-refractivity contribution in [1.29, 1.82) is 0 Å². The molecule has 16 atom stereocenters. The van der Waals surface area contributed by atoms with E-state index in [1.54, 1.807) is 112 Å². The number of likely N-dealkylation sites (N-methyl/N-ethyl adjacent to an activating group) is 4. The number of carbonyl (C=O) groups excluding carboxylic acids is 8. The Morgan fingerprint density at radius 2 is 0.723 bits per heavy atom. The number of piperazine rings is 4. The van der Waals surface area contributed by atoms with Crippen LogP contribution in [0.25, 0.3) is 0 Å². The average Bonchev–Trinajstić information content (AvgIpc) is 1.45. The number of thioether (sulfide) groups is 4. The molecule has 4 unspecified atom stereocenters. The molecule has 4 N–H and O–H groups in total. The van der Waals surface area contributed by atoms with Crippen molar-refractivity contribution >= 4 is 180 Å². The SMILES string of the molecule is CN1C(=O)C23CC4(C56CC78SC(=S)S[C@](C)(C(=O)N7[C@H]5N(S(=O)(=O)c5ccccc5)c5ccccc56)N(C)C8=O)c5ccccc5N(c5ccccc5)[C@@H]4N2C(=O)[C@@]1(C)SC(=S)S3.CN1C(=O)[C@]2(O)C[C@]3([C@]45C[C@@]6(O)C(=O)N(C)[C@](C)(O)C(=O)N6[C@H]4N(S(=O)(=O)c4ccccc4)c4ccccc45)c4ccccc4C[C@@H]3N2C(=O)[C@@]1(C)O.O=S=O. The molecule has 23 rings (SSSR count). The molecular formula is C81H73N11O18S9. The third-order valence-corrected chi connectivity index (χ3v) is 37.7. The van der Waals surface area contributed by atoms with Gasteiger partial charge < -0.3 is 44.9 Å². The lowest BCUT2D eigenvalue weighted by Gasteiger charge is -2.52. The standard InChI is InChI=1S/C44H36N6O6S7.C37H37N5O10S.O2S/c1-39-33(51)48-31-41(23-43(48,35(53)45(39)3)61-37(57)59-39,27-19-11-13-21-29(27)47(31)25-15-7-5-8-16-25)42-24-44-36(54)46(4)40(2,60-38(58)62-44)34(52)49(44)32(42)50(30-22-14-12-20-28(30)42)63(55,56)26-17-9-6-10-18-26;1-32(47)28(43)40-26-18-21-12-8-9-15-23(21)34(26,19-36(40,49)30(45)38(32)3)35-20-37(50)31(46)39(4)33(2,48)29(44)41(37)27(35)42(25-17-11-10-16-24(25)35)53(51,52)22-13-6-5-7-14-22;1-3-2/h5-22,31-32H,23-24H2,1-4H3;5-17,26-27,47-50H,18-20H2,1-4H3;/t31-,32+,39-,40-,41?,42?,43?,44?;26-,27-,32+,33+,34-,35-,36+,37+;/m10./s1. The van der Waals surface area contributed by atoms with Crippen LogP contribution in [-0.2, 0) is 98.1 Å². The second-order valence-corrected chi connectivity index (χ2v) is 44.4. The Morgan fingerprint density at radius 1 is 0.378 bits per heavy atom. The van der Waals surface area contributed by atoms with Crippen molar-refractivity contribution in [3.8, 4) is 0 Å². The summed E-state index contributed by atoms with van der Waals surface area (Å²) < 4.78 is 81.6. The van der Waals surface area contributed by atoms with Gasteiger partial charge in [0.05, 0.1) is 43.5 Å². The summed E-state index contributed by atoms with van der Waals surface area (Å²) in [5.74, 6) is -5.73. The number of aliphatic hydroxyl groups is 4. The normalized spacial score (nSPS) is 36.4. The van der Waals surface area contributed by atoms with Crippen molar-refractivity contribution in [2.75, 3.05) is 41.7 Å². The van der Waals surface area contributed by atoms with Crippen molar-refractivity contribution in [3.05, 3.63) is 216 Å². The van der Waals surface area contributed by atoms with Crippen LogP contribution in [0, 0.1) is 0 Å². The third-order valence-electron chi connectivity index (χ3n) is 28.0. The summed E-state index contributed by atoms with van der Waals surface area (Å²) in [6.45, 7) is 5.62. The minimum Gasteiger partial charge on any atom is -0.363 e. The number of anilines is 4. The van der Waals surface area contributed by atoms with Gasteiger partial charge in [0.2, 0.25) is 22.9 Å². The van der Waals surface area contributed by atoms with Crippen LogP contribution in [0.5, 0.6) is 0 Å². The second-order valence-electron chi connectivity index (χ2n) is 32.9. The molecule has 0 radical (unpaired) electrons. The predicted octanol–water partition coefficient (Wildman–Crippen LogP) is 5.49. The smallest absolute Gasteiger partial charge is 0.335 e. The minimum atomic E-state index is -4.68. The van der Waals surface area contributed by atoms with E-state index in [1.807, 2.05) is 66.7 Å². The van der Waals surface area contributed by atoms with Gasteiger partial charge in [0.25, 0.3) is 67.3 Å². The lowest BCUT2D eigenvalue weighted by molar-refractivity contribution is -0.224. The maximum Gasteiger partial charge on any atom is 0.335 e. The van der Waals surface area contributed by atoms with E-state index in [1.165, 1.54) is 92.0 Å². The maximum absolute atomic E-state index is 15.9. The Labute approximate surface area is 713 Å². The molecule has 1 aliphatic carbocycles. The third kappa shape index (κ3) is 9.13. The molecule has 8 amide bonds. The molecule has 614 valence electrons. The molecule has 0 saturated carbocycles. The summed E-state index contributed by atoms with van der Waals surface area (Å²) >= 11 is 16.0. The summed E-state index contributed by atoms with van der Waals surface area (Å²) in [5.41, 5.74) is -12.2. The van der Waals surface area contributed by atoms with Gasteiger partial charge in [-0.25, -0.2) is 25.4 Å². The van der Waals surface area contributed by atoms with Gasteiger partial charge in [0.1, 0.15) is 25.6 Å².